The summed E-state index contributed by atoms with van der Waals surface area (Å²) in [6.07, 6.45) is 1.77. The molecule has 2 N–H and O–H groups in total. The molecule has 146 valence electrons. The zero-order valence-electron chi connectivity index (χ0n) is 17.0. The molecule has 6 heteroatoms. The molecule has 0 atom stereocenters. The van der Waals surface area contributed by atoms with E-state index in [9.17, 15) is 0 Å². The lowest BCUT2D eigenvalue weighted by Crippen LogP contribution is -2.09. The van der Waals surface area contributed by atoms with E-state index in [2.05, 4.69) is 78.9 Å². The molecule has 1 heterocycles. The van der Waals surface area contributed by atoms with Crippen molar-refractivity contribution in [3.05, 3.63) is 71.9 Å². The summed E-state index contributed by atoms with van der Waals surface area (Å²) in [5.74, 6) is 1.42. The minimum atomic E-state index is 0.615. The minimum absolute atomic E-state index is 0.615. The summed E-state index contributed by atoms with van der Waals surface area (Å²) in [4.78, 5) is 13.0. The Kier molecular flexibility index (Phi) is 6.32. The quantitative estimate of drug-likeness (QED) is 0.623. The monoisotopic (exact) mass is 376 g/mol. The van der Waals surface area contributed by atoms with Crippen molar-refractivity contribution in [2.45, 2.75) is 13.1 Å². The molecule has 28 heavy (non-hydrogen) atoms. The fourth-order valence-electron chi connectivity index (χ4n) is 2.74. The van der Waals surface area contributed by atoms with Gasteiger partial charge >= 0.3 is 0 Å². The van der Waals surface area contributed by atoms with Crippen LogP contribution < -0.4 is 20.4 Å². The van der Waals surface area contributed by atoms with Crippen LogP contribution in [0.1, 0.15) is 11.1 Å². The maximum atomic E-state index is 4.54. The van der Waals surface area contributed by atoms with Gasteiger partial charge in [0.05, 0.1) is 0 Å². The van der Waals surface area contributed by atoms with Crippen LogP contribution in [0, 0.1) is 0 Å². The van der Waals surface area contributed by atoms with E-state index in [4.69, 9.17) is 0 Å². The fourth-order valence-corrected chi connectivity index (χ4v) is 2.74. The molecule has 0 aliphatic heterocycles. The predicted octanol–water partition coefficient (Wildman–Crippen LogP) is 3.83. The van der Waals surface area contributed by atoms with E-state index >= 15 is 0 Å². The maximum absolute atomic E-state index is 4.54. The van der Waals surface area contributed by atoms with Gasteiger partial charge in [0, 0.05) is 58.9 Å². The van der Waals surface area contributed by atoms with E-state index < -0.39 is 0 Å². The van der Waals surface area contributed by atoms with Crippen LogP contribution in [0.25, 0.3) is 0 Å². The molecule has 0 unspecified atom stereocenters. The highest BCUT2D eigenvalue weighted by Crippen LogP contribution is 2.15. The van der Waals surface area contributed by atoms with Crippen molar-refractivity contribution >= 4 is 23.1 Å². The number of nitrogens with zero attached hydrogens (tertiary/aromatic N) is 4. The third kappa shape index (κ3) is 5.36. The van der Waals surface area contributed by atoms with Gasteiger partial charge in [-0.2, -0.15) is 4.98 Å². The van der Waals surface area contributed by atoms with Gasteiger partial charge in [-0.1, -0.05) is 24.3 Å². The Hall–Kier alpha value is -3.28. The van der Waals surface area contributed by atoms with Gasteiger partial charge < -0.3 is 20.4 Å². The van der Waals surface area contributed by atoms with Crippen molar-refractivity contribution < 1.29 is 0 Å². The Morgan fingerprint density at radius 3 is 1.68 bits per heavy atom. The highest BCUT2D eigenvalue weighted by molar-refractivity contribution is 5.48. The van der Waals surface area contributed by atoms with Gasteiger partial charge in [-0.15, -0.1) is 0 Å². The molecule has 2 aromatic carbocycles. The molecular weight excluding hydrogens is 348 g/mol. The average Bonchev–Trinajstić information content (AvgIpc) is 2.71. The number of aromatic nitrogens is 2. The molecule has 0 radical (unpaired) electrons. The summed E-state index contributed by atoms with van der Waals surface area (Å²) in [6.45, 7) is 1.40. The Balaban J connectivity index is 1.54. The van der Waals surface area contributed by atoms with Crippen LogP contribution >= 0.6 is 0 Å². The van der Waals surface area contributed by atoms with Crippen LogP contribution in [0.15, 0.2) is 60.8 Å². The molecule has 0 aliphatic carbocycles. The van der Waals surface area contributed by atoms with Gasteiger partial charge in [-0.25, -0.2) is 4.98 Å². The predicted molar refractivity (Wildman–Crippen MR) is 118 cm³/mol. The van der Waals surface area contributed by atoms with Crippen LogP contribution in [0.2, 0.25) is 0 Å². The summed E-state index contributed by atoms with van der Waals surface area (Å²) in [7, 11) is 8.16. The Labute approximate surface area is 167 Å². The zero-order chi connectivity index (χ0) is 19.9. The lowest BCUT2D eigenvalue weighted by Gasteiger charge is -2.13. The smallest absolute Gasteiger partial charge is 0.224 e. The highest BCUT2D eigenvalue weighted by Gasteiger charge is 2.02. The molecule has 0 aliphatic rings. The van der Waals surface area contributed by atoms with Crippen LogP contribution in [-0.4, -0.2) is 38.2 Å². The number of nitrogens with one attached hydrogen (secondary N) is 2. The van der Waals surface area contributed by atoms with Crippen molar-refractivity contribution in [2.75, 3.05) is 48.6 Å². The SMILES string of the molecule is CN(C)c1ccc(CNc2ccnc(NCc3ccc(N(C)C)cc3)n2)cc1. The van der Waals surface area contributed by atoms with E-state index in [-0.39, 0.29) is 0 Å². The van der Waals surface area contributed by atoms with Crippen molar-refractivity contribution in [1.29, 1.82) is 0 Å². The second-order valence-corrected chi connectivity index (χ2v) is 7.09. The topological polar surface area (TPSA) is 56.3 Å². The number of hydrogen-bond donors (Lipinski definition) is 2. The Bertz CT molecular complexity index is 802. The molecule has 0 saturated carbocycles. The number of hydrogen-bond acceptors (Lipinski definition) is 6. The minimum Gasteiger partial charge on any atom is -0.378 e. The lowest BCUT2D eigenvalue weighted by atomic mass is 10.2. The van der Waals surface area contributed by atoms with Gasteiger partial charge in [0.1, 0.15) is 5.82 Å². The summed E-state index contributed by atoms with van der Waals surface area (Å²) in [5.41, 5.74) is 4.77. The van der Waals surface area contributed by atoms with Crippen molar-refractivity contribution in [2.24, 2.45) is 0 Å². The van der Waals surface area contributed by atoms with Crippen LogP contribution in [0.3, 0.4) is 0 Å². The third-order valence-corrected chi connectivity index (χ3v) is 4.49. The average molecular weight is 377 g/mol. The fraction of sp³-hybridized carbons (Fsp3) is 0.273. The number of benzene rings is 2. The maximum Gasteiger partial charge on any atom is 0.224 e. The van der Waals surface area contributed by atoms with Crippen molar-refractivity contribution in [1.82, 2.24) is 9.97 Å². The molecule has 3 rings (SSSR count). The summed E-state index contributed by atoms with van der Waals surface area (Å²) in [6, 6.07) is 18.8. The summed E-state index contributed by atoms with van der Waals surface area (Å²) in [5, 5.41) is 6.64. The first-order valence-electron chi connectivity index (χ1n) is 9.34. The molecule has 0 bridgehead atoms. The Morgan fingerprint density at radius 2 is 1.18 bits per heavy atom. The number of rotatable bonds is 8. The van der Waals surface area contributed by atoms with Crippen molar-refractivity contribution in [3.8, 4) is 0 Å². The second-order valence-electron chi connectivity index (χ2n) is 7.09. The molecule has 0 saturated heterocycles. The molecule has 0 spiro atoms. The van der Waals surface area contributed by atoms with E-state index in [0.29, 0.717) is 12.5 Å². The molecular formula is C22H28N6. The van der Waals surface area contributed by atoms with Gasteiger partial charge in [-0.05, 0) is 41.5 Å². The van der Waals surface area contributed by atoms with Crippen LogP contribution in [-0.2, 0) is 13.1 Å². The van der Waals surface area contributed by atoms with E-state index in [1.807, 2.05) is 34.3 Å². The first kappa shape index (κ1) is 19.5. The molecule has 0 fully saturated rings. The molecule has 6 nitrogen and oxygen atoms in total. The first-order valence-corrected chi connectivity index (χ1v) is 9.34. The Morgan fingerprint density at radius 1 is 0.679 bits per heavy atom. The summed E-state index contributed by atoms with van der Waals surface area (Å²) < 4.78 is 0. The summed E-state index contributed by atoms with van der Waals surface area (Å²) >= 11 is 0. The normalized spacial score (nSPS) is 10.4. The van der Waals surface area contributed by atoms with E-state index in [0.717, 1.165) is 12.4 Å². The molecule has 1 aromatic heterocycles. The van der Waals surface area contributed by atoms with E-state index in [1.54, 1.807) is 6.20 Å². The van der Waals surface area contributed by atoms with Crippen molar-refractivity contribution in [3.63, 3.8) is 0 Å². The van der Waals surface area contributed by atoms with Gasteiger partial charge in [-0.3, -0.25) is 0 Å². The second kappa shape index (κ2) is 9.08. The zero-order valence-corrected chi connectivity index (χ0v) is 17.0. The highest BCUT2D eigenvalue weighted by atomic mass is 15.1. The van der Waals surface area contributed by atoms with E-state index in [1.165, 1.54) is 22.5 Å². The standard InChI is InChI=1S/C22H28N6/c1-27(2)19-9-5-17(6-10-19)15-24-21-13-14-23-22(26-21)25-16-18-7-11-20(12-8-18)28(3)4/h5-14H,15-16H2,1-4H3,(H2,23,24,25,26). The number of anilines is 4. The van der Waals surface area contributed by atoms with Crippen LogP contribution in [0.4, 0.5) is 23.1 Å². The lowest BCUT2D eigenvalue weighted by molar-refractivity contribution is 1.03. The third-order valence-electron chi connectivity index (χ3n) is 4.49. The largest absolute Gasteiger partial charge is 0.378 e. The molecule has 0 amide bonds. The van der Waals surface area contributed by atoms with Gasteiger partial charge in [0.15, 0.2) is 0 Å². The first-order chi connectivity index (χ1) is 13.5. The van der Waals surface area contributed by atoms with Gasteiger partial charge in [0.2, 0.25) is 5.95 Å². The van der Waals surface area contributed by atoms with Crippen LogP contribution in [0.5, 0.6) is 0 Å². The van der Waals surface area contributed by atoms with Gasteiger partial charge in [0.25, 0.3) is 0 Å². The molecule has 3 aromatic rings.